The first kappa shape index (κ1) is 14.7. The number of nitrogens with one attached hydrogen (secondary N) is 1. The molecule has 18 heavy (non-hydrogen) atoms. The van der Waals surface area contributed by atoms with Gasteiger partial charge in [0.2, 0.25) is 0 Å². The molecule has 1 atom stereocenters. The third-order valence-corrected chi connectivity index (χ3v) is 3.27. The fraction of sp³-hybridized carbons (Fsp3) is 0.562. The normalized spacial score (nSPS) is 12.1. The van der Waals surface area contributed by atoms with Crippen LogP contribution in [0.4, 0.5) is 0 Å². The van der Waals surface area contributed by atoms with Gasteiger partial charge in [0.25, 0.3) is 0 Å². The summed E-state index contributed by atoms with van der Waals surface area (Å²) in [4.78, 5) is 0. The molecule has 0 amide bonds. The van der Waals surface area contributed by atoms with Crippen LogP contribution >= 0.6 is 0 Å². The van der Waals surface area contributed by atoms with Crippen LogP contribution in [0, 0.1) is 11.3 Å². The maximum absolute atomic E-state index is 8.75. The van der Waals surface area contributed by atoms with E-state index in [0.717, 1.165) is 12.1 Å². The first-order chi connectivity index (χ1) is 8.77. The zero-order chi connectivity index (χ0) is 13.2. The minimum Gasteiger partial charge on any atom is -0.310 e. The van der Waals surface area contributed by atoms with Crippen molar-refractivity contribution in [1.82, 2.24) is 5.32 Å². The molecule has 0 bridgehead atoms. The van der Waals surface area contributed by atoms with E-state index in [9.17, 15) is 0 Å². The molecule has 2 nitrogen and oxygen atoms in total. The van der Waals surface area contributed by atoms with Crippen LogP contribution in [-0.2, 0) is 0 Å². The zero-order valence-electron chi connectivity index (χ0n) is 11.6. The predicted octanol–water partition coefficient (Wildman–Crippen LogP) is 4.18. The summed E-state index contributed by atoms with van der Waals surface area (Å²) in [6.45, 7) is 5.49. The molecule has 0 spiro atoms. The molecule has 0 aliphatic heterocycles. The monoisotopic (exact) mass is 244 g/mol. The number of benzene rings is 1. The molecule has 0 aromatic heterocycles. The van der Waals surface area contributed by atoms with Crippen molar-refractivity contribution < 1.29 is 0 Å². The maximum atomic E-state index is 8.75. The first-order valence-electron chi connectivity index (χ1n) is 7.01. The summed E-state index contributed by atoms with van der Waals surface area (Å²) in [5, 5.41) is 12.3. The molecule has 1 aromatic rings. The molecule has 0 saturated heterocycles. The van der Waals surface area contributed by atoms with Crippen LogP contribution in [0.5, 0.6) is 0 Å². The van der Waals surface area contributed by atoms with Gasteiger partial charge in [-0.25, -0.2) is 0 Å². The fourth-order valence-electron chi connectivity index (χ4n) is 2.01. The van der Waals surface area contributed by atoms with Crippen molar-refractivity contribution >= 4 is 0 Å². The Morgan fingerprint density at radius 2 is 1.78 bits per heavy atom. The highest BCUT2D eigenvalue weighted by molar-refractivity contribution is 5.32. The van der Waals surface area contributed by atoms with Crippen LogP contribution in [0.2, 0.25) is 0 Å². The third kappa shape index (κ3) is 5.33. The van der Waals surface area contributed by atoms with E-state index in [2.05, 4.69) is 25.2 Å². The Bertz CT molecular complexity index is 362. The van der Waals surface area contributed by atoms with Crippen LogP contribution in [0.3, 0.4) is 0 Å². The third-order valence-electron chi connectivity index (χ3n) is 3.27. The van der Waals surface area contributed by atoms with Crippen LogP contribution < -0.4 is 5.32 Å². The molecule has 98 valence electrons. The summed E-state index contributed by atoms with van der Waals surface area (Å²) < 4.78 is 0. The molecule has 0 aliphatic rings. The van der Waals surface area contributed by atoms with Gasteiger partial charge in [0.1, 0.15) is 0 Å². The van der Waals surface area contributed by atoms with E-state index in [1.807, 2.05) is 24.3 Å². The van der Waals surface area contributed by atoms with Crippen molar-refractivity contribution in [2.24, 2.45) is 0 Å². The Morgan fingerprint density at radius 1 is 1.11 bits per heavy atom. The van der Waals surface area contributed by atoms with Gasteiger partial charge >= 0.3 is 0 Å². The Labute approximate surface area is 111 Å². The number of nitrogens with zero attached hydrogens (tertiary/aromatic N) is 1. The number of hydrogen-bond donors (Lipinski definition) is 1. The van der Waals surface area contributed by atoms with E-state index in [4.69, 9.17) is 5.26 Å². The minimum absolute atomic E-state index is 0.365. The molecule has 1 aromatic carbocycles. The maximum Gasteiger partial charge on any atom is 0.0991 e. The van der Waals surface area contributed by atoms with E-state index < -0.39 is 0 Å². The molecule has 0 radical (unpaired) electrons. The lowest BCUT2D eigenvalue weighted by Gasteiger charge is -2.14. The van der Waals surface area contributed by atoms with Crippen molar-refractivity contribution in [1.29, 1.82) is 5.26 Å². The smallest absolute Gasteiger partial charge is 0.0991 e. The molecular formula is C16H24N2. The van der Waals surface area contributed by atoms with Crippen LogP contribution in [0.15, 0.2) is 24.3 Å². The number of nitriles is 1. The van der Waals surface area contributed by atoms with Crippen LogP contribution in [0.1, 0.15) is 63.1 Å². The second kappa shape index (κ2) is 8.72. The molecule has 1 unspecified atom stereocenters. The predicted molar refractivity (Wildman–Crippen MR) is 76.3 cm³/mol. The second-order valence-electron chi connectivity index (χ2n) is 4.82. The molecule has 1 rings (SSSR count). The van der Waals surface area contributed by atoms with Crippen molar-refractivity contribution in [3.8, 4) is 6.07 Å². The van der Waals surface area contributed by atoms with Gasteiger partial charge in [-0.15, -0.1) is 0 Å². The molecule has 2 heteroatoms. The lowest BCUT2D eigenvalue weighted by atomic mass is 10.1. The number of hydrogen-bond acceptors (Lipinski definition) is 2. The van der Waals surface area contributed by atoms with Gasteiger partial charge in [-0.3, -0.25) is 0 Å². The van der Waals surface area contributed by atoms with E-state index in [-0.39, 0.29) is 0 Å². The highest BCUT2D eigenvalue weighted by Crippen LogP contribution is 2.13. The Kier molecular flexibility index (Phi) is 7.13. The van der Waals surface area contributed by atoms with Gasteiger partial charge in [0, 0.05) is 6.04 Å². The second-order valence-corrected chi connectivity index (χ2v) is 4.82. The molecule has 1 N–H and O–H groups in total. The zero-order valence-corrected chi connectivity index (χ0v) is 11.6. The Balaban J connectivity index is 2.23. The lowest BCUT2D eigenvalue weighted by molar-refractivity contribution is 0.531. The molecule has 0 aliphatic carbocycles. The summed E-state index contributed by atoms with van der Waals surface area (Å²) >= 11 is 0. The van der Waals surface area contributed by atoms with Gasteiger partial charge in [0.15, 0.2) is 0 Å². The average molecular weight is 244 g/mol. The standard InChI is InChI=1S/C16H24N2/c1-3-4-5-6-7-12-18-14(2)16-10-8-15(13-17)9-11-16/h8-11,14,18H,3-7,12H2,1-2H3. The van der Waals surface area contributed by atoms with Gasteiger partial charge in [-0.1, -0.05) is 44.7 Å². The quantitative estimate of drug-likeness (QED) is 0.696. The van der Waals surface area contributed by atoms with Gasteiger partial charge in [-0.2, -0.15) is 5.26 Å². The van der Waals surface area contributed by atoms with Crippen molar-refractivity contribution in [3.63, 3.8) is 0 Å². The summed E-state index contributed by atoms with van der Waals surface area (Å²) in [7, 11) is 0. The van der Waals surface area contributed by atoms with Crippen molar-refractivity contribution in [2.45, 2.75) is 52.0 Å². The van der Waals surface area contributed by atoms with E-state index in [1.54, 1.807) is 0 Å². The average Bonchev–Trinajstić information content (AvgIpc) is 2.42. The van der Waals surface area contributed by atoms with Crippen LogP contribution in [-0.4, -0.2) is 6.54 Å². The summed E-state index contributed by atoms with van der Waals surface area (Å²) in [6, 6.07) is 10.3. The number of rotatable bonds is 8. The van der Waals surface area contributed by atoms with Crippen molar-refractivity contribution in [3.05, 3.63) is 35.4 Å². The number of unbranched alkanes of at least 4 members (excludes halogenated alkanes) is 4. The largest absolute Gasteiger partial charge is 0.310 e. The van der Waals surface area contributed by atoms with E-state index >= 15 is 0 Å². The Morgan fingerprint density at radius 3 is 2.39 bits per heavy atom. The fourth-order valence-corrected chi connectivity index (χ4v) is 2.01. The van der Waals surface area contributed by atoms with Crippen LogP contribution in [0.25, 0.3) is 0 Å². The van der Waals surface area contributed by atoms with E-state index in [1.165, 1.54) is 37.7 Å². The first-order valence-corrected chi connectivity index (χ1v) is 7.01. The summed E-state index contributed by atoms with van der Waals surface area (Å²) in [5.74, 6) is 0. The highest BCUT2D eigenvalue weighted by atomic mass is 14.9. The lowest BCUT2D eigenvalue weighted by Crippen LogP contribution is -2.19. The van der Waals surface area contributed by atoms with Crippen molar-refractivity contribution in [2.75, 3.05) is 6.54 Å². The van der Waals surface area contributed by atoms with Gasteiger partial charge in [-0.05, 0) is 37.6 Å². The van der Waals surface area contributed by atoms with Gasteiger partial charge in [0.05, 0.1) is 11.6 Å². The Hall–Kier alpha value is -1.33. The van der Waals surface area contributed by atoms with Gasteiger partial charge < -0.3 is 5.32 Å². The molecular weight excluding hydrogens is 220 g/mol. The topological polar surface area (TPSA) is 35.8 Å². The molecule has 0 saturated carbocycles. The summed E-state index contributed by atoms with van der Waals surface area (Å²) in [5.41, 5.74) is 1.98. The van der Waals surface area contributed by atoms with E-state index in [0.29, 0.717) is 6.04 Å². The summed E-state index contributed by atoms with van der Waals surface area (Å²) in [6.07, 6.45) is 6.57. The SMILES string of the molecule is CCCCCCCNC(C)c1ccc(C#N)cc1. The minimum atomic E-state index is 0.365. The highest BCUT2D eigenvalue weighted by Gasteiger charge is 2.03. The molecule has 0 heterocycles. The molecule has 0 fully saturated rings.